The molecule has 0 atom stereocenters. The largest absolute Gasteiger partial charge is 0.433 e. The average molecular weight is 463 g/mol. The number of aromatic nitrogens is 2. The molecule has 5 rings (SSSR count). The van der Waals surface area contributed by atoms with E-state index in [0.717, 1.165) is 21.9 Å². The van der Waals surface area contributed by atoms with E-state index in [-0.39, 0.29) is 17.4 Å². The van der Waals surface area contributed by atoms with Crippen molar-refractivity contribution in [3.63, 3.8) is 0 Å². The Kier molecular flexibility index (Phi) is 6.30. The van der Waals surface area contributed by atoms with Gasteiger partial charge in [0.2, 0.25) is 5.82 Å². The first kappa shape index (κ1) is 22.0. The number of rotatable bonds is 8. The molecular weight excluding hydrogens is 440 g/mol. The lowest BCUT2D eigenvalue weighted by Gasteiger charge is -2.24. The minimum Gasteiger partial charge on any atom is -0.433 e. The molecule has 1 aromatic heterocycles. The zero-order valence-corrected chi connectivity index (χ0v) is 18.8. The highest BCUT2D eigenvalue weighted by atomic mass is 16.6. The summed E-state index contributed by atoms with van der Waals surface area (Å²) < 4.78 is 6.06. The zero-order valence-electron chi connectivity index (χ0n) is 18.8. The molecule has 0 saturated carbocycles. The molecule has 7 heteroatoms. The molecule has 0 spiro atoms. The van der Waals surface area contributed by atoms with Crippen molar-refractivity contribution in [1.29, 1.82) is 0 Å². The van der Waals surface area contributed by atoms with E-state index in [4.69, 9.17) is 4.74 Å². The maximum Gasteiger partial charge on any atom is 0.373 e. The van der Waals surface area contributed by atoms with Gasteiger partial charge in [0.25, 0.3) is 0 Å². The van der Waals surface area contributed by atoms with Gasteiger partial charge in [-0.2, -0.15) is 4.98 Å². The minimum atomic E-state index is -0.473. The predicted octanol–water partition coefficient (Wildman–Crippen LogP) is 6.54. The average Bonchev–Trinajstić information content (AvgIpc) is 2.89. The Balaban J connectivity index is 1.58. The molecule has 172 valence electrons. The molecule has 0 aliphatic heterocycles. The molecule has 1 heterocycles. The van der Waals surface area contributed by atoms with Crippen LogP contribution in [0.15, 0.2) is 109 Å². The number of nitro groups is 1. The van der Waals surface area contributed by atoms with Crippen LogP contribution in [0.1, 0.15) is 11.1 Å². The molecule has 5 aromatic rings. The lowest BCUT2D eigenvalue weighted by molar-refractivity contribution is -0.385. The minimum absolute atomic E-state index is 0.0949. The number of benzene rings is 4. The van der Waals surface area contributed by atoms with Crippen molar-refractivity contribution in [2.45, 2.75) is 13.1 Å². The number of anilines is 1. The third kappa shape index (κ3) is 4.94. The first-order valence-electron chi connectivity index (χ1n) is 11.2. The smallest absolute Gasteiger partial charge is 0.373 e. The number of fused-ring (bicyclic) bond motifs is 1. The second-order valence-corrected chi connectivity index (χ2v) is 8.01. The lowest BCUT2D eigenvalue weighted by atomic mass is 10.1. The topological polar surface area (TPSA) is 81.4 Å². The molecule has 0 unspecified atom stereocenters. The molecule has 0 saturated heterocycles. The van der Waals surface area contributed by atoms with Crippen LogP contribution in [0, 0.1) is 10.1 Å². The maximum absolute atomic E-state index is 12.3. The first-order chi connectivity index (χ1) is 17.2. The SMILES string of the molecule is O=[N+]([O-])c1c(Oc2cccc3ccccc23)ncnc1N(Cc1ccccc1)Cc1ccccc1. The lowest BCUT2D eigenvalue weighted by Crippen LogP contribution is -2.24. The van der Waals surface area contributed by atoms with Gasteiger partial charge in [-0.15, -0.1) is 0 Å². The molecule has 7 nitrogen and oxygen atoms in total. The molecule has 0 fully saturated rings. The molecule has 0 amide bonds. The van der Waals surface area contributed by atoms with E-state index >= 15 is 0 Å². The van der Waals surface area contributed by atoms with Crippen molar-refractivity contribution in [1.82, 2.24) is 9.97 Å². The highest BCUT2D eigenvalue weighted by Gasteiger charge is 2.29. The number of hydrogen-bond acceptors (Lipinski definition) is 6. The first-order valence-corrected chi connectivity index (χ1v) is 11.2. The Labute approximate surface area is 202 Å². The second-order valence-electron chi connectivity index (χ2n) is 8.01. The summed E-state index contributed by atoms with van der Waals surface area (Å²) >= 11 is 0. The van der Waals surface area contributed by atoms with Crippen molar-refractivity contribution >= 4 is 22.3 Å². The normalized spacial score (nSPS) is 10.7. The summed E-state index contributed by atoms with van der Waals surface area (Å²) in [5.41, 5.74) is 1.74. The fourth-order valence-electron chi connectivity index (χ4n) is 4.02. The van der Waals surface area contributed by atoms with E-state index in [1.165, 1.54) is 6.33 Å². The van der Waals surface area contributed by atoms with Crippen molar-refractivity contribution < 1.29 is 9.66 Å². The van der Waals surface area contributed by atoms with Crippen LogP contribution in [-0.4, -0.2) is 14.9 Å². The van der Waals surface area contributed by atoms with Crippen molar-refractivity contribution in [2.24, 2.45) is 0 Å². The van der Waals surface area contributed by atoms with Crippen LogP contribution in [0.4, 0.5) is 11.5 Å². The molecule has 0 aliphatic carbocycles. The molecule has 0 radical (unpaired) electrons. The molecule has 0 aliphatic rings. The summed E-state index contributed by atoms with van der Waals surface area (Å²) in [7, 11) is 0. The van der Waals surface area contributed by atoms with Crippen LogP contribution in [0.2, 0.25) is 0 Å². The third-order valence-corrected chi connectivity index (χ3v) is 5.64. The quantitative estimate of drug-likeness (QED) is 0.192. The molecule has 35 heavy (non-hydrogen) atoms. The van der Waals surface area contributed by atoms with Gasteiger partial charge in [0.15, 0.2) is 0 Å². The summed E-state index contributed by atoms with van der Waals surface area (Å²) in [6.45, 7) is 0.864. The Morgan fingerprint density at radius 3 is 2.00 bits per heavy atom. The summed E-state index contributed by atoms with van der Waals surface area (Å²) in [6.07, 6.45) is 1.31. The van der Waals surface area contributed by atoms with E-state index in [2.05, 4.69) is 9.97 Å². The van der Waals surface area contributed by atoms with Crippen LogP contribution in [0.3, 0.4) is 0 Å². The van der Waals surface area contributed by atoms with Crippen molar-refractivity contribution in [3.8, 4) is 11.6 Å². The Hall–Kier alpha value is -4.78. The molecular formula is C28H22N4O3. The van der Waals surface area contributed by atoms with Gasteiger partial charge in [-0.05, 0) is 22.6 Å². The fraction of sp³-hybridized carbons (Fsp3) is 0.0714. The van der Waals surface area contributed by atoms with Gasteiger partial charge in [-0.25, -0.2) is 4.98 Å². The Morgan fingerprint density at radius 1 is 0.743 bits per heavy atom. The van der Waals surface area contributed by atoms with Gasteiger partial charge < -0.3 is 9.64 Å². The Morgan fingerprint density at radius 2 is 1.34 bits per heavy atom. The van der Waals surface area contributed by atoms with Crippen LogP contribution in [-0.2, 0) is 13.1 Å². The summed E-state index contributed by atoms with van der Waals surface area (Å²) in [5.74, 6) is 0.601. The van der Waals surface area contributed by atoms with Gasteiger partial charge in [-0.1, -0.05) is 97.1 Å². The van der Waals surface area contributed by atoms with Crippen LogP contribution >= 0.6 is 0 Å². The van der Waals surface area contributed by atoms with Gasteiger partial charge in [0.1, 0.15) is 12.1 Å². The van der Waals surface area contributed by atoms with E-state index < -0.39 is 4.92 Å². The monoisotopic (exact) mass is 462 g/mol. The van der Waals surface area contributed by atoms with E-state index in [9.17, 15) is 10.1 Å². The van der Waals surface area contributed by atoms with Crippen LogP contribution < -0.4 is 9.64 Å². The molecule has 0 N–H and O–H groups in total. The number of hydrogen-bond donors (Lipinski definition) is 0. The van der Waals surface area contributed by atoms with Crippen LogP contribution in [0.5, 0.6) is 11.6 Å². The van der Waals surface area contributed by atoms with Gasteiger partial charge in [-0.3, -0.25) is 10.1 Å². The fourth-order valence-corrected chi connectivity index (χ4v) is 4.02. The second kappa shape index (κ2) is 10.0. The molecule has 0 bridgehead atoms. The Bertz CT molecular complexity index is 1410. The van der Waals surface area contributed by atoms with Gasteiger partial charge in [0, 0.05) is 18.5 Å². The van der Waals surface area contributed by atoms with Crippen molar-refractivity contribution in [2.75, 3.05) is 4.90 Å². The standard InChI is InChI=1S/C28H22N4O3/c33-32(34)26-27(31(18-21-10-3-1-4-11-21)19-22-12-5-2-6-13-22)29-20-30-28(26)35-25-17-9-15-23-14-7-8-16-24(23)25/h1-17,20H,18-19H2. The summed E-state index contributed by atoms with van der Waals surface area (Å²) in [6, 6.07) is 32.9. The number of nitrogens with zero attached hydrogens (tertiary/aromatic N) is 4. The highest BCUT2D eigenvalue weighted by Crippen LogP contribution is 2.39. The highest BCUT2D eigenvalue weighted by molar-refractivity contribution is 5.88. The molecule has 4 aromatic carbocycles. The van der Waals surface area contributed by atoms with E-state index in [1.54, 1.807) is 6.07 Å². The number of ether oxygens (including phenoxy) is 1. The maximum atomic E-state index is 12.3. The third-order valence-electron chi connectivity index (χ3n) is 5.64. The zero-order chi connectivity index (χ0) is 24.0. The van der Waals surface area contributed by atoms with Crippen LogP contribution in [0.25, 0.3) is 10.8 Å². The van der Waals surface area contributed by atoms with E-state index in [0.29, 0.717) is 18.8 Å². The van der Waals surface area contributed by atoms with Gasteiger partial charge in [0.05, 0.1) is 4.92 Å². The van der Waals surface area contributed by atoms with E-state index in [1.807, 2.05) is 102 Å². The summed E-state index contributed by atoms with van der Waals surface area (Å²) in [5, 5.41) is 14.1. The predicted molar refractivity (Wildman–Crippen MR) is 135 cm³/mol. The van der Waals surface area contributed by atoms with Crippen molar-refractivity contribution in [3.05, 3.63) is 131 Å². The van der Waals surface area contributed by atoms with Gasteiger partial charge >= 0.3 is 11.6 Å². The summed E-state index contributed by atoms with van der Waals surface area (Å²) in [4.78, 5) is 22.2.